The van der Waals surface area contributed by atoms with Crippen molar-refractivity contribution in [2.75, 3.05) is 25.5 Å². The number of hydrogen-bond acceptors (Lipinski definition) is 3. The van der Waals surface area contributed by atoms with E-state index in [1.54, 1.807) is 31.0 Å². The van der Waals surface area contributed by atoms with E-state index < -0.39 is 6.04 Å². The zero-order valence-corrected chi connectivity index (χ0v) is 16.9. The number of carbonyl (C=O) groups is 2. The van der Waals surface area contributed by atoms with Gasteiger partial charge in [0.1, 0.15) is 5.82 Å². The van der Waals surface area contributed by atoms with Gasteiger partial charge >= 0.3 is 0 Å². The molecule has 0 bridgehead atoms. The minimum Gasteiger partial charge on any atom is -0.354 e. The number of anilines is 1. The first-order valence-corrected chi connectivity index (χ1v) is 9.36. The van der Waals surface area contributed by atoms with Gasteiger partial charge in [0.25, 0.3) is 0 Å². The minimum absolute atomic E-state index is 0.111. The molecule has 0 unspecified atom stereocenters. The first-order chi connectivity index (χ1) is 13.3. The molecule has 28 heavy (non-hydrogen) atoms. The number of likely N-dealkylation sites (N-methyl/N-ethyl adjacent to an activating group) is 1. The van der Waals surface area contributed by atoms with Crippen molar-refractivity contribution >= 4 is 17.5 Å². The van der Waals surface area contributed by atoms with Crippen LogP contribution >= 0.6 is 0 Å². The Morgan fingerprint density at radius 2 is 1.79 bits per heavy atom. The highest BCUT2D eigenvalue weighted by Gasteiger charge is 2.20. The van der Waals surface area contributed by atoms with Gasteiger partial charge in [-0.25, -0.2) is 4.39 Å². The smallest absolute Gasteiger partial charge is 0.238 e. The van der Waals surface area contributed by atoms with Gasteiger partial charge in [0.2, 0.25) is 11.8 Å². The first kappa shape index (κ1) is 21.6. The van der Waals surface area contributed by atoms with Gasteiger partial charge in [0.15, 0.2) is 0 Å². The van der Waals surface area contributed by atoms with Gasteiger partial charge in [-0.3, -0.25) is 14.5 Å². The summed E-state index contributed by atoms with van der Waals surface area (Å²) in [5.74, 6) is -0.589. The van der Waals surface area contributed by atoms with Crippen molar-refractivity contribution < 1.29 is 14.0 Å². The molecule has 0 aliphatic heterocycles. The van der Waals surface area contributed by atoms with Crippen molar-refractivity contribution in [3.05, 3.63) is 65.0 Å². The Balaban J connectivity index is 1.79. The molecular weight excluding hydrogens is 357 g/mol. The van der Waals surface area contributed by atoms with Crippen molar-refractivity contribution in [3.8, 4) is 0 Å². The highest BCUT2D eigenvalue weighted by Crippen LogP contribution is 2.17. The predicted octanol–water partition coefficient (Wildman–Crippen LogP) is 3.06. The van der Waals surface area contributed by atoms with Crippen LogP contribution < -0.4 is 10.6 Å². The number of halogens is 1. The summed E-state index contributed by atoms with van der Waals surface area (Å²) in [6.07, 6.45) is 0.621. The zero-order valence-electron chi connectivity index (χ0n) is 16.9. The molecular formula is C22H28FN3O2. The molecule has 150 valence electrons. The molecule has 0 saturated heterocycles. The monoisotopic (exact) mass is 385 g/mol. The number of rotatable bonds is 8. The molecule has 2 aromatic carbocycles. The number of nitrogens with zero attached hydrogens (tertiary/aromatic N) is 1. The Labute approximate surface area is 165 Å². The van der Waals surface area contributed by atoms with Crippen molar-refractivity contribution in [2.45, 2.75) is 33.2 Å². The second kappa shape index (κ2) is 9.99. The van der Waals surface area contributed by atoms with Gasteiger partial charge in [0, 0.05) is 12.2 Å². The Morgan fingerprint density at radius 3 is 2.46 bits per heavy atom. The minimum atomic E-state index is -0.447. The lowest BCUT2D eigenvalue weighted by Crippen LogP contribution is -2.46. The molecule has 2 aromatic rings. The van der Waals surface area contributed by atoms with Crippen LogP contribution in [0.2, 0.25) is 0 Å². The molecule has 2 rings (SSSR count). The van der Waals surface area contributed by atoms with E-state index in [1.165, 1.54) is 12.1 Å². The Kier molecular flexibility index (Phi) is 7.70. The fourth-order valence-corrected chi connectivity index (χ4v) is 2.77. The lowest BCUT2D eigenvalue weighted by atomic mass is 10.1. The highest BCUT2D eigenvalue weighted by atomic mass is 19.1. The van der Waals surface area contributed by atoms with E-state index in [2.05, 4.69) is 10.6 Å². The molecule has 0 saturated carbocycles. The summed E-state index contributed by atoms with van der Waals surface area (Å²) in [5.41, 5.74) is 3.88. The molecule has 0 aromatic heterocycles. The Morgan fingerprint density at radius 1 is 1.11 bits per heavy atom. The number of carbonyl (C=O) groups excluding carboxylic acids is 2. The van der Waals surface area contributed by atoms with E-state index in [0.29, 0.717) is 13.0 Å². The summed E-state index contributed by atoms with van der Waals surface area (Å²) in [7, 11) is 1.74. The Bertz CT molecular complexity index is 821. The van der Waals surface area contributed by atoms with Crippen molar-refractivity contribution in [2.24, 2.45) is 0 Å². The van der Waals surface area contributed by atoms with E-state index >= 15 is 0 Å². The summed E-state index contributed by atoms with van der Waals surface area (Å²) in [5, 5.41) is 5.76. The van der Waals surface area contributed by atoms with Crippen LogP contribution in [-0.2, 0) is 16.0 Å². The van der Waals surface area contributed by atoms with Crippen molar-refractivity contribution in [1.29, 1.82) is 0 Å². The van der Waals surface area contributed by atoms with E-state index in [9.17, 15) is 14.0 Å². The molecule has 0 spiro atoms. The normalized spacial score (nSPS) is 11.9. The third-order valence-corrected chi connectivity index (χ3v) is 4.94. The highest BCUT2D eigenvalue weighted by molar-refractivity contribution is 5.93. The number of nitrogens with one attached hydrogen (secondary N) is 2. The van der Waals surface area contributed by atoms with Crippen LogP contribution in [-0.4, -0.2) is 42.9 Å². The van der Waals surface area contributed by atoms with E-state index in [-0.39, 0.29) is 24.2 Å². The van der Waals surface area contributed by atoms with Gasteiger partial charge in [-0.15, -0.1) is 0 Å². The molecule has 0 radical (unpaired) electrons. The number of hydrogen-bond donors (Lipinski definition) is 2. The lowest BCUT2D eigenvalue weighted by molar-refractivity contribution is -0.126. The number of amides is 2. The summed E-state index contributed by atoms with van der Waals surface area (Å²) < 4.78 is 12.9. The standard InChI is InChI=1S/C22H28FN3O2/c1-15-6-5-7-20(16(15)2)25-21(27)14-26(4)17(3)22(28)24-13-12-18-8-10-19(23)11-9-18/h5-11,17H,12-14H2,1-4H3,(H,24,28)(H,25,27)/t17-/m0/s1. The van der Waals surface area contributed by atoms with Gasteiger partial charge in [0.05, 0.1) is 12.6 Å². The average Bonchev–Trinajstić information content (AvgIpc) is 2.66. The lowest BCUT2D eigenvalue weighted by Gasteiger charge is -2.23. The maximum absolute atomic E-state index is 12.9. The summed E-state index contributed by atoms with van der Waals surface area (Å²) in [6, 6.07) is 11.5. The molecule has 2 amide bonds. The second-order valence-corrected chi connectivity index (χ2v) is 7.05. The maximum Gasteiger partial charge on any atom is 0.238 e. The zero-order chi connectivity index (χ0) is 20.7. The van der Waals surface area contributed by atoms with Crippen LogP contribution in [0.1, 0.15) is 23.6 Å². The average molecular weight is 385 g/mol. The molecule has 0 aliphatic carbocycles. The van der Waals surface area contributed by atoms with Crippen LogP contribution in [0.4, 0.5) is 10.1 Å². The largest absolute Gasteiger partial charge is 0.354 e. The van der Waals surface area contributed by atoms with E-state index in [4.69, 9.17) is 0 Å². The SMILES string of the molecule is Cc1cccc(NC(=O)CN(C)[C@@H](C)C(=O)NCCc2ccc(F)cc2)c1C. The Hall–Kier alpha value is -2.73. The van der Waals surface area contributed by atoms with Crippen molar-refractivity contribution in [1.82, 2.24) is 10.2 Å². The van der Waals surface area contributed by atoms with Crippen LogP contribution in [0, 0.1) is 19.7 Å². The van der Waals surface area contributed by atoms with Crippen molar-refractivity contribution in [3.63, 3.8) is 0 Å². The molecule has 6 heteroatoms. The summed E-state index contributed by atoms with van der Waals surface area (Å²) in [6.45, 7) is 6.29. The third-order valence-electron chi connectivity index (χ3n) is 4.94. The number of aryl methyl sites for hydroxylation is 1. The first-order valence-electron chi connectivity index (χ1n) is 9.36. The van der Waals surface area contributed by atoms with Crippen LogP contribution in [0.5, 0.6) is 0 Å². The molecule has 0 heterocycles. The van der Waals surface area contributed by atoms with Gasteiger partial charge < -0.3 is 10.6 Å². The van der Waals surface area contributed by atoms with Gasteiger partial charge in [-0.1, -0.05) is 24.3 Å². The van der Waals surface area contributed by atoms with E-state index in [0.717, 1.165) is 22.4 Å². The van der Waals surface area contributed by atoms with Gasteiger partial charge in [-0.05, 0) is 69.1 Å². The molecule has 1 atom stereocenters. The van der Waals surface area contributed by atoms with Crippen LogP contribution in [0.15, 0.2) is 42.5 Å². The molecule has 0 aliphatic rings. The van der Waals surface area contributed by atoms with E-state index in [1.807, 2.05) is 32.0 Å². The maximum atomic E-state index is 12.9. The second-order valence-electron chi connectivity index (χ2n) is 7.05. The fourth-order valence-electron chi connectivity index (χ4n) is 2.77. The molecule has 2 N–H and O–H groups in total. The topological polar surface area (TPSA) is 61.4 Å². The summed E-state index contributed by atoms with van der Waals surface area (Å²) in [4.78, 5) is 26.3. The third kappa shape index (κ3) is 6.16. The molecule has 5 nitrogen and oxygen atoms in total. The van der Waals surface area contributed by atoms with Gasteiger partial charge in [-0.2, -0.15) is 0 Å². The number of benzene rings is 2. The quantitative estimate of drug-likeness (QED) is 0.734. The molecule has 0 fully saturated rings. The van der Waals surface area contributed by atoms with Crippen LogP contribution in [0.3, 0.4) is 0 Å². The fraction of sp³-hybridized carbons (Fsp3) is 0.364. The summed E-state index contributed by atoms with van der Waals surface area (Å²) >= 11 is 0. The van der Waals surface area contributed by atoms with Crippen LogP contribution in [0.25, 0.3) is 0 Å². The predicted molar refractivity (Wildman–Crippen MR) is 110 cm³/mol.